The van der Waals surface area contributed by atoms with Crippen molar-refractivity contribution < 1.29 is 33.2 Å². The van der Waals surface area contributed by atoms with Crippen LogP contribution in [0.15, 0.2) is 29.2 Å². The van der Waals surface area contributed by atoms with Crippen LogP contribution in [0.1, 0.15) is 39.0 Å². The molecular formula is C17H25N3O6S. The van der Waals surface area contributed by atoms with Crippen LogP contribution in [0, 0.1) is 0 Å². The molecule has 0 atom stereocenters. The number of nitrogens with one attached hydrogen (secondary N) is 2. The Morgan fingerprint density at radius 2 is 1.63 bits per heavy atom. The molecule has 9 nitrogen and oxygen atoms in total. The number of piperidine rings is 1. The number of carbonyl (C=O) groups is 3. The molecule has 0 saturated carbocycles. The lowest BCUT2D eigenvalue weighted by atomic mass is 10.2. The van der Waals surface area contributed by atoms with Crippen molar-refractivity contribution in [2.45, 2.75) is 43.9 Å². The van der Waals surface area contributed by atoms with E-state index >= 15 is 0 Å². The van der Waals surface area contributed by atoms with Crippen molar-refractivity contribution in [2.75, 3.05) is 18.4 Å². The van der Waals surface area contributed by atoms with Crippen molar-refractivity contribution in [1.82, 2.24) is 4.72 Å². The molecule has 2 amide bonds. The van der Waals surface area contributed by atoms with Gasteiger partial charge in [-0.25, -0.2) is 13.1 Å². The number of hydrogen-bond acceptors (Lipinski definition) is 6. The molecule has 10 heteroatoms. The monoisotopic (exact) mass is 399 g/mol. The van der Waals surface area contributed by atoms with E-state index in [1.54, 1.807) is 4.72 Å². The van der Waals surface area contributed by atoms with Gasteiger partial charge in [-0.2, -0.15) is 0 Å². The third-order valence-electron chi connectivity index (χ3n) is 3.60. The number of anilines is 1. The summed E-state index contributed by atoms with van der Waals surface area (Å²) >= 11 is 0. The van der Waals surface area contributed by atoms with Crippen molar-refractivity contribution in [1.29, 1.82) is 0 Å². The summed E-state index contributed by atoms with van der Waals surface area (Å²) in [5, 5.41) is 15.0. The fraction of sp³-hybridized carbons (Fsp3) is 0.471. The first-order chi connectivity index (χ1) is 12.7. The number of carboxylic acid groups (broad SMARTS) is 1. The minimum Gasteiger partial charge on any atom is -0.550 e. The Kier molecular flexibility index (Phi) is 9.45. The van der Waals surface area contributed by atoms with Crippen molar-refractivity contribution in [3.63, 3.8) is 0 Å². The van der Waals surface area contributed by atoms with Gasteiger partial charge in [0.25, 0.3) is 10.0 Å². The Bertz CT molecular complexity index is 731. The molecule has 0 radical (unpaired) electrons. The average molecular weight is 399 g/mol. The third kappa shape index (κ3) is 9.71. The summed E-state index contributed by atoms with van der Waals surface area (Å²) in [7, 11) is -3.92. The predicted octanol–water partition coefficient (Wildman–Crippen LogP) is -1.29. The number of nitrogens with two attached hydrogens (primary N) is 1. The van der Waals surface area contributed by atoms with Gasteiger partial charge in [0.15, 0.2) is 0 Å². The molecule has 0 spiro atoms. The number of quaternary nitrogens is 1. The maximum Gasteiger partial charge on any atom is 0.264 e. The Balaban J connectivity index is 0.000000511. The molecule has 0 aliphatic carbocycles. The van der Waals surface area contributed by atoms with E-state index in [9.17, 15) is 27.9 Å². The first-order valence-electron chi connectivity index (χ1n) is 8.65. The van der Waals surface area contributed by atoms with Gasteiger partial charge in [0.05, 0.1) is 18.0 Å². The topological polar surface area (TPSA) is 149 Å². The molecule has 0 bridgehead atoms. The summed E-state index contributed by atoms with van der Waals surface area (Å²) in [6.45, 7) is 3.82. The molecule has 0 unspecified atom stereocenters. The molecule has 1 heterocycles. The molecule has 1 fully saturated rings. The standard InChI is InChI=1S/C12H14N2O6S.C5H11N/c1-8(15)14-21(19,20)10-4-2-9(3-5-10)13-11(16)6-7-12(17)18;1-2-4-6-5-3-1/h2-5H,6-7H2,1H3,(H,13,16)(H,14,15)(H,17,18);6H,1-5H2. The van der Waals surface area contributed by atoms with Gasteiger partial charge >= 0.3 is 0 Å². The molecule has 1 aromatic carbocycles. The average Bonchev–Trinajstić information content (AvgIpc) is 2.61. The fourth-order valence-corrected chi connectivity index (χ4v) is 3.29. The van der Waals surface area contributed by atoms with Gasteiger partial charge in [-0.1, -0.05) is 0 Å². The Morgan fingerprint density at radius 1 is 1.04 bits per heavy atom. The van der Waals surface area contributed by atoms with Crippen LogP contribution in [-0.2, 0) is 24.4 Å². The second-order valence-electron chi connectivity index (χ2n) is 6.03. The molecule has 4 N–H and O–H groups in total. The number of hydrogen-bond donors (Lipinski definition) is 3. The van der Waals surface area contributed by atoms with E-state index < -0.39 is 34.2 Å². The van der Waals surface area contributed by atoms with Crippen LogP contribution in [0.4, 0.5) is 5.69 Å². The summed E-state index contributed by atoms with van der Waals surface area (Å²) in [5.41, 5.74) is 0.306. The van der Waals surface area contributed by atoms with Crippen molar-refractivity contribution in [3.8, 4) is 0 Å². The van der Waals surface area contributed by atoms with E-state index in [2.05, 4.69) is 10.6 Å². The SMILES string of the molecule is C1CC[NH2+]CC1.CC(=O)NS(=O)(=O)c1ccc(NC(=O)CCC(=O)[O-])cc1. The van der Waals surface area contributed by atoms with Crippen molar-refractivity contribution in [2.24, 2.45) is 0 Å². The van der Waals surface area contributed by atoms with E-state index in [4.69, 9.17) is 0 Å². The van der Waals surface area contributed by atoms with Gasteiger partial charge < -0.3 is 20.5 Å². The van der Waals surface area contributed by atoms with Crippen LogP contribution in [0.25, 0.3) is 0 Å². The number of carbonyl (C=O) groups excluding carboxylic acids is 3. The zero-order valence-electron chi connectivity index (χ0n) is 15.2. The Morgan fingerprint density at radius 3 is 2.04 bits per heavy atom. The van der Waals surface area contributed by atoms with Crippen LogP contribution in [-0.4, -0.2) is 39.3 Å². The molecule has 1 aliphatic rings. The fourth-order valence-electron chi connectivity index (χ4n) is 2.30. The predicted molar refractivity (Wildman–Crippen MR) is 95.8 cm³/mol. The highest BCUT2D eigenvalue weighted by molar-refractivity contribution is 7.90. The molecule has 0 aromatic heterocycles. The number of rotatable bonds is 6. The minimum atomic E-state index is -3.92. The van der Waals surface area contributed by atoms with Crippen molar-refractivity contribution in [3.05, 3.63) is 24.3 Å². The summed E-state index contributed by atoms with van der Waals surface area (Å²) in [6, 6.07) is 5.07. The number of benzene rings is 1. The van der Waals surface area contributed by atoms with Gasteiger partial charge in [0.1, 0.15) is 0 Å². The minimum absolute atomic E-state index is 0.134. The highest BCUT2D eigenvalue weighted by Crippen LogP contribution is 2.14. The largest absolute Gasteiger partial charge is 0.550 e. The van der Waals surface area contributed by atoms with E-state index in [1.165, 1.54) is 56.6 Å². The zero-order valence-corrected chi connectivity index (χ0v) is 16.0. The molecular weight excluding hydrogens is 374 g/mol. The lowest BCUT2D eigenvalue weighted by molar-refractivity contribution is -0.662. The highest BCUT2D eigenvalue weighted by Gasteiger charge is 2.15. The highest BCUT2D eigenvalue weighted by atomic mass is 32.2. The second-order valence-corrected chi connectivity index (χ2v) is 7.72. The second kappa shape index (κ2) is 11.3. The lowest BCUT2D eigenvalue weighted by Crippen LogP contribution is -2.85. The van der Waals surface area contributed by atoms with Crippen LogP contribution >= 0.6 is 0 Å². The van der Waals surface area contributed by atoms with Gasteiger partial charge in [0, 0.05) is 25.0 Å². The van der Waals surface area contributed by atoms with Gasteiger partial charge in [-0.05, 0) is 49.9 Å². The molecule has 27 heavy (non-hydrogen) atoms. The van der Waals surface area contributed by atoms with E-state index in [0.717, 1.165) is 6.92 Å². The van der Waals surface area contributed by atoms with Crippen LogP contribution in [0.5, 0.6) is 0 Å². The Hall–Kier alpha value is -2.46. The molecule has 1 aromatic rings. The van der Waals surface area contributed by atoms with Crippen molar-refractivity contribution >= 4 is 33.5 Å². The van der Waals surface area contributed by atoms with Crippen LogP contribution in [0.2, 0.25) is 0 Å². The normalized spacial score (nSPS) is 13.7. The summed E-state index contributed by atoms with van der Waals surface area (Å²) in [4.78, 5) is 32.2. The molecule has 1 aliphatic heterocycles. The summed E-state index contributed by atoms with van der Waals surface area (Å²) < 4.78 is 25.1. The summed E-state index contributed by atoms with van der Waals surface area (Å²) in [5.74, 6) is -2.58. The Labute approximate surface area is 158 Å². The number of carboxylic acids is 1. The van der Waals surface area contributed by atoms with E-state index in [0.29, 0.717) is 5.69 Å². The maximum absolute atomic E-state index is 11.7. The number of sulfonamides is 1. The number of amides is 2. The van der Waals surface area contributed by atoms with E-state index in [1.807, 2.05) is 0 Å². The molecule has 2 rings (SSSR count). The van der Waals surface area contributed by atoms with Crippen LogP contribution in [0.3, 0.4) is 0 Å². The van der Waals surface area contributed by atoms with E-state index in [-0.39, 0.29) is 11.3 Å². The van der Waals surface area contributed by atoms with Gasteiger partial charge in [-0.3, -0.25) is 9.59 Å². The number of aliphatic carboxylic acids is 1. The van der Waals surface area contributed by atoms with Crippen LogP contribution < -0.4 is 20.5 Å². The zero-order chi connectivity index (χ0) is 20.3. The first-order valence-corrected chi connectivity index (χ1v) is 10.1. The first kappa shape index (κ1) is 22.6. The third-order valence-corrected chi connectivity index (χ3v) is 5.05. The summed E-state index contributed by atoms with van der Waals surface area (Å²) in [6.07, 6.45) is 3.71. The quantitative estimate of drug-likeness (QED) is 0.542. The van der Waals surface area contributed by atoms with Gasteiger partial charge in [-0.15, -0.1) is 0 Å². The maximum atomic E-state index is 11.7. The van der Waals surface area contributed by atoms with Gasteiger partial charge in [0.2, 0.25) is 11.8 Å². The smallest absolute Gasteiger partial charge is 0.264 e. The molecule has 150 valence electrons. The lowest BCUT2D eigenvalue weighted by Gasteiger charge is -2.08. The molecule has 1 saturated heterocycles.